The highest BCUT2D eigenvalue weighted by molar-refractivity contribution is 14.1. The van der Waals surface area contributed by atoms with Gasteiger partial charge in [0.15, 0.2) is 0 Å². The molecule has 1 aromatic carbocycles. The molecule has 0 spiro atoms. The van der Waals surface area contributed by atoms with Gasteiger partial charge in [-0.3, -0.25) is 0 Å². The summed E-state index contributed by atoms with van der Waals surface area (Å²) in [6, 6.07) is 12.8. The van der Waals surface area contributed by atoms with Crippen molar-refractivity contribution in [1.82, 2.24) is 0 Å². The number of hydrogen-bond acceptors (Lipinski definition) is 2. The largest absolute Gasteiger partial charge is 0.135 e. The van der Waals surface area contributed by atoms with E-state index in [2.05, 4.69) is 78.9 Å². The molecule has 3 aromatic rings. The molecule has 0 amide bonds. The molecule has 2 heterocycles. The van der Waals surface area contributed by atoms with Crippen LogP contribution in [0.25, 0.3) is 21.9 Å². The van der Waals surface area contributed by atoms with E-state index >= 15 is 0 Å². The van der Waals surface area contributed by atoms with Crippen molar-refractivity contribution in [3.8, 4) is 9.75 Å². The van der Waals surface area contributed by atoms with E-state index in [1.165, 1.54) is 34.9 Å². The smallest absolute Gasteiger partial charge is 0.0937 e. The molecular weight excluding hydrogens is 443 g/mol. The Hall–Kier alpha value is -0.620. The van der Waals surface area contributed by atoms with Gasteiger partial charge in [-0.05, 0) is 83.5 Å². The van der Waals surface area contributed by atoms with Crippen molar-refractivity contribution in [2.75, 3.05) is 0 Å². The maximum absolute atomic E-state index is 6.12. The van der Waals surface area contributed by atoms with Gasteiger partial charge in [-0.1, -0.05) is 29.8 Å². The van der Waals surface area contributed by atoms with Crippen LogP contribution in [-0.4, -0.2) is 0 Å². The fraction of sp³-hybridized carbons (Fsp3) is 0.111. The molecule has 22 heavy (non-hydrogen) atoms. The van der Waals surface area contributed by atoms with Crippen LogP contribution in [0.2, 0.25) is 4.34 Å². The van der Waals surface area contributed by atoms with E-state index in [1.807, 2.05) is 17.4 Å². The number of benzene rings is 1. The molecule has 0 N–H and O–H groups in total. The Bertz CT molecular complexity index is 825. The molecule has 0 saturated carbocycles. The lowest BCUT2D eigenvalue weighted by Gasteiger charge is -1.94. The first-order valence-corrected chi connectivity index (χ1v) is 9.92. The minimum Gasteiger partial charge on any atom is -0.135 e. The first kappa shape index (κ1) is 16.2. The van der Waals surface area contributed by atoms with Crippen LogP contribution in [0.5, 0.6) is 0 Å². The second kappa shape index (κ2) is 6.87. The van der Waals surface area contributed by atoms with Gasteiger partial charge in [0.05, 0.1) is 4.34 Å². The summed E-state index contributed by atoms with van der Waals surface area (Å²) in [6.45, 7) is 4.28. The summed E-state index contributed by atoms with van der Waals surface area (Å²) in [6.07, 6.45) is 4.38. The minimum absolute atomic E-state index is 0.856. The van der Waals surface area contributed by atoms with Crippen LogP contribution in [-0.2, 0) is 0 Å². The summed E-state index contributed by atoms with van der Waals surface area (Å²) < 4.78 is 2.11. The van der Waals surface area contributed by atoms with Gasteiger partial charge >= 0.3 is 0 Å². The average Bonchev–Trinajstić information content (AvgIpc) is 3.00. The summed E-state index contributed by atoms with van der Waals surface area (Å²) >= 11 is 11.9. The summed E-state index contributed by atoms with van der Waals surface area (Å²) in [5, 5.41) is 0. The fourth-order valence-electron chi connectivity index (χ4n) is 2.21. The summed E-state index contributed by atoms with van der Waals surface area (Å²) in [5.41, 5.74) is 3.79. The van der Waals surface area contributed by atoms with E-state index in [0.717, 1.165) is 4.34 Å². The normalized spacial score (nSPS) is 11.5. The van der Waals surface area contributed by atoms with Crippen molar-refractivity contribution < 1.29 is 0 Å². The monoisotopic (exact) mass is 456 g/mol. The Morgan fingerprint density at radius 3 is 2.32 bits per heavy atom. The van der Waals surface area contributed by atoms with Crippen LogP contribution in [0, 0.1) is 17.4 Å². The Kier molecular flexibility index (Phi) is 5.07. The molecule has 0 aliphatic rings. The molecule has 0 aliphatic heterocycles. The number of halogens is 2. The molecular formula is C18H14ClIS2. The number of thiophene rings is 2. The molecule has 0 unspecified atom stereocenters. The SMILES string of the molecule is Cc1cc(-c2sc(Cl)cc2C)sc1/C=C/c1ccc(I)cc1. The molecule has 0 bridgehead atoms. The van der Waals surface area contributed by atoms with Gasteiger partial charge in [0.25, 0.3) is 0 Å². The Morgan fingerprint density at radius 1 is 0.955 bits per heavy atom. The van der Waals surface area contributed by atoms with Crippen molar-refractivity contribution in [1.29, 1.82) is 0 Å². The molecule has 0 radical (unpaired) electrons. The molecule has 0 aliphatic carbocycles. The van der Waals surface area contributed by atoms with Crippen LogP contribution in [0.15, 0.2) is 36.4 Å². The van der Waals surface area contributed by atoms with E-state index in [1.54, 1.807) is 11.3 Å². The van der Waals surface area contributed by atoms with E-state index in [4.69, 9.17) is 11.6 Å². The lowest BCUT2D eigenvalue weighted by atomic mass is 10.2. The van der Waals surface area contributed by atoms with Crippen molar-refractivity contribution >= 4 is 69.0 Å². The lowest BCUT2D eigenvalue weighted by Crippen LogP contribution is -1.73. The van der Waals surface area contributed by atoms with Crippen LogP contribution in [0.3, 0.4) is 0 Å². The second-order valence-electron chi connectivity index (χ2n) is 5.11. The van der Waals surface area contributed by atoms with Crippen molar-refractivity contribution in [3.63, 3.8) is 0 Å². The molecule has 0 fully saturated rings. The Balaban J connectivity index is 1.89. The van der Waals surface area contributed by atoms with Gasteiger partial charge in [0, 0.05) is 18.2 Å². The summed E-state index contributed by atoms with van der Waals surface area (Å²) in [4.78, 5) is 3.89. The number of hydrogen-bond donors (Lipinski definition) is 0. The quantitative estimate of drug-likeness (QED) is 0.357. The highest BCUT2D eigenvalue weighted by Crippen LogP contribution is 2.40. The summed E-state index contributed by atoms with van der Waals surface area (Å²) in [5.74, 6) is 0. The standard InChI is InChI=1S/C18H14ClIS2/c1-11-9-16(18-12(2)10-17(19)22-18)21-15(11)8-5-13-3-6-14(20)7-4-13/h3-10H,1-2H3/b8-5+. The van der Waals surface area contributed by atoms with Gasteiger partial charge in [-0.15, -0.1) is 22.7 Å². The number of aryl methyl sites for hydroxylation is 2. The van der Waals surface area contributed by atoms with Crippen LogP contribution >= 0.6 is 56.9 Å². The predicted octanol–water partition coefficient (Wildman–Crippen LogP) is 7.52. The highest BCUT2D eigenvalue weighted by Gasteiger charge is 2.11. The van der Waals surface area contributed by atoms with Gasteiger partial charge in [0.1, 0.15) is 0 Å². The topological polar surface area (TPSA) is 0 Å². The van der Waals surface area contributed by atoms with Crippen LogP contribution in [0.4, 0.5) is 0 Å². The molecule has 4 heteroatoms. The predicted molar refractivity (Wildman–Crippen MR) is 110 cm³/mol. The minimum atomic E-state index is 0.856. The Labute approximate surface area is 157 Å². The van der Waals surface area contributed by atoms with E-state index in [9.17, 15) is 0 Å². The molecule has 112 valence electrons. The zero-order valence-corrected chi connectivity index (χ0v) is 16.7. The van der Waals surface area contributed by atoms with Crippen molar-refractivity contribution in [3.05, 3.63) is 65.9 Å². The van der Waals surface area contributed by atoms with E-state index < -0.39 is 0 Å². The maximum Gasteiger partial charge on any atom is 0.0937 e. The van der Waals surface area contributed by atoms with Crippen LogP contribution in [0.1, 0.15) is 21.6 Å². The first-order chi connectivity index (χ1) is 10.5. The third-order valence-electron chi connectivity index (χ3n) is 3.36. The summed E-state index contributed by atoms with van der Waals surface area (Å²) in [7, 11) is 0. The highest BCUT2D eigenvalue weighted by atomic mass is 127. The second-order valence-corrected chi connectivity index (χ2v) is 9.12. The van der Waals surface area contributed by atoms with Crippen molar-refractivity contribution in [2.24, 2.45) is 0 Å². The first-order valence-electron chi connectivity index (χ1n) is 6.83. The molecule has 0 atom stereocenters. The fourth-order valence-corrected chi connectivity index (χ4v) is 5.10. The van der Waals surface area contributed by atoms with Crippen LogP contribution < -0.4 is 0 Å². The van der Waals surface area contributed by atoms with Gasteiger partial charge < -0.3 is 0 Å². The molecule has 2 aromatic heterocycles. The van der Waals surface area contributed by atoms with Gasteiger partial charge in [-0.2, -0.15) is 0 Å². The average molecular weight is 457 g/mol. The molecule has 0 saturated heterocycles. The molecule has 3 rings (SSSR count). The zero-order valence-electron chi connectivity index (χ0n) is 12.2. The maximum atomic E-state index is 6.12. The lowest BCUT2D eigenvalue weighted by molar-refractivity contribution is 1.52. The third-order valence-corrected chi connectivity index (χ3v) is 6.83. The van der Waals surface area contributed by atoms with E-state index in [-0.39, 0.29) is 0 Å². The van der Waals surface area contributed by atoms with E-state index in [0.29, 0.717) is 0 Å². The van der Waals surface area contributed by atoms with Gasteiger partial charge in [-0.25, -0.2) is 0 Å². The number of rotatable bonds is 3. The third kappa shape index (κ3) is 3.65. The molecule has 0 nitrogen and oxygen atoms in total. The van der Waals surface area contributed by atoms with Crippen molar-refractivity contribution in [2.45, 2.75) is 13.8 Å². The van der Waals surface area contributed by atoms with Gasteiger partial charge in [0.2, 0.25) is 0 Å². The Morgan fingerprint density at radius 2 is 1.68 bits per heavy atom. The zero-order chi connectivity index (χ0) is 15.7.